The Morgan fingerprint density at radius 3 is 2.64 bits per heavy atom. The van der Waals surface area contributed by atoms with Gasteiger partial charge in [0.2, 0.25) is 0 Å². The third-order valence-corrected chi connectivity index (χ3v) is 1.22. The van der Waals surface area contributed by atoms with Gasteiger partial charge >= 0.3 is 0 Å². The zero-order chi connectivity index (χ0) is 8.53. The molecule has 0 rings (SSSR count). The van der Waals surface area contributed by atoms with Crippen LogP contribution in [0.3, 0.4) is 0 Å². The SMILES string of the molecule is C=CC=C(C)C=CC=CCC. The second kappa shape index (κ2) is 7.07. The average molecular weight is 148 g/mol. The number of hydrogen-bond donors (Lipinski definition) is 0. The van der Waals surface area contributed by atoms with Crippen LogP contribution in [0, 0.1) is 0 Å². The molecule has 60 valence electrons. The van der Waals surface area contributed by atoms with Crippen molar-refractivity contribution in [3.63, 3.8) is 0 Å². The molecule has 0 nitrogen and oxygen atoms in total. The summed E-state index contributed by atoms with van der Waals surface area (Å²) in [6, 6.07) is 0. The first-order valence-corrected chi connectivity index (χ1v) is 3.93. The maximum absolute atomic E-state index is 3.62. The van der Waals surface area contributed by atoms with Crippen LogP contribution >= 0.6 is 0 Å². The van der Waals surface area contributed by atoms with Crippen molar-refractivity contribution in [2.75, 3.05) is 0 Å². The molecule has 0 fully saturated rings. The lowest BCUT2D eigenvalue weighted by molar-refractivity contribution is 1.22. The second-order valence-electron chi connectivity index (χ2n) is 2.34. The van der Waals surface area contributed by atoms with Crippen LogP contribution < -0.4 is 0 Å². The molecular weight excluding hydrogens is 132 g/mol. The summed E-state index contributed by atoms with van der Waals surface area (Å²) in [5.41, 5.74) is 1.22. The summed E-state index contributed by atoms with van der Waals surface area (Å²) in [7, 11) is 0. The van der Waals surface area contributed by atoms with Gasteiger partial charge in [0, 0.05) is 0 Å². The molecule has 0 saturated carbocycles. The van der Waals surface area contributed by atoms with E-state index in [9.17, 15) is 0 Å². The van der Waals surface area contributed by atoms with Gasteiger partial charge in [-0.1, -0.05) is 55.5 Å². The molecule has 0 aliphatic rings. The van der Waals surface area contributed by atoms with Crippen LogP contribution in [0.5, 0.6) is 0 Å². The lowest BCUT2D eigenvalue weighted by Crippen LogP contribution is -1.63. The van der Waals surface area contributed by atoms with Crippen LogP contribution in [0.2, 0.25) is 0 Å². The van der Waals surface area contributed by atoms with Crippen LogP contribution in [0.4, 0.5) is 0 Å². The van der Waals surface area contributed by atoms with Gasteiger partial charge in [-0.2, -0.15) is 0 Å². The fourth-order valence-corrected chi connectivity index (χ4v) is 0.663. The zero-order valence-electron chi connectivity index (χ0n) is 7.38. The molecule has 0 bridgehead atoms. The molecule has 0 aromatic rings. The van der Waals surface area contributed by atoms with Gasteiger partial charge in [-0.05, 0) is 13.3 Å². The van der Waals surface area contributed by atoms with Crippen molar-refractivity contribution in [3.05, 3.63) is 48.6 Å². The van der Waals surface area contributed by atoms with Gasteiger partial charge in [-0.3, -0.25) is 0 Å². The predicted octanol–water partition coefficient (Wildman–Crippen LogP) is 3.64. The Balaban J connectivity index is 3.82. The Morgan fingerprint density at radius 1 is 1.36 bits per heavy atom. The van der Waals surface area contributed by atoms with Crippen molar-refractivity contribution in [2.45, 2.75) is 20.3 Å². The molecule has 0 N–H and O–H groups in total. The Labute approximate surface area is 69.6 Å². The Bertz CT molecular complexity index is 180. The Kier molecular flexibility index (Phi) is 6.40. The highest BCUT2D eigenvalue weighted by molar-refractivity contribution is 5.23. The lowest BCUT2D eigenvalue weighted by atomic mass is 10.2. The Hall–Kier alpha value is -1.04. The smallest absolute Gasteiger partial charge is 0.0376 e. The van der Waals surface area contributed by atoms with Crippen LogP contribution in [0.1, 0.15) is 20.3 Å². The summed E-state index contributed by atoms with van der Waals surface area (Å²) in [5, 5.41) is 0. The highest BCUT2D eigenvalue weighted by atomic mass is 13.8. The van der Waals surface area contributed by atoms with Crippen LogP contribution in [-0.2, 0) is 0 Å². The highest BCUT2D eigenvalue weighted by Crippen LogP contribution is 1.94. The third-order valence-electron chi connectivity index (χ3n) is 1.22. The third kappa shape index (κ3) is 6.85. The molecule has 11 heavy (non-hydrogen) atoms. The van der Waals surface area contributed by atoms with E-state index in [1.807, 2.05) is 12.2 Å². The molecule has 0 amide bonds. The molecule has 0 heteroatoms. The maximum atomic E-state index is 3.62. The first-order chi connectivity index (χ1) is 5.31. The molecule has 0 radical (unpaired) electrons. The first kappa shape index (κ1) is 9.96. The summed E-state index contributed by atoms with van der Waals surface area (Å²) in [5.74, 6) is 0. The summed E-state index contributed by atoms with van der Waals surface area (Å²) in [6.45, 7) is 7.79. The van der Waals surface area contributed by atoms with Gasteiger partial charge in [-0.15, -0.1) is 0 Å². The van der Waals surface area contributed by atoms with E-state index in [4.69, 9.17) is 0 Å². The summed E-state index contributed by atoms with van der Waals surface area (Å²) < 4.78 is 0. The molecule has 0 aliphatic carbocycles. The predicted molar refractivity (Wildman–Crippen MR) is 52.5 cm³/mol. The first-order valence-electron chi connectivity index (χ1n) is 3.93. The maximum Gasteiger partial charge on any atom is -0.0376 e. The van der Waals surface area contributed by atoms with E-state index >= 15 is 0 Å². The molecule has 0 aromatic heterocycles. The Morgan fingerprint density at radius 2 is 2.09 bits per heavy atom. The van der Waals surface area contributed by atoms with Gasteiger partial charge in [0.05, 0.1) is 0 Å². The van der Waals surface area contributed by atoms with Crippen molar-refractivity contribution < 1.29 is 0 Å². The topological polar surface area (TPSA) is 0 Å². The van der Waals surface area contributed by atoms with E-state index in [2.05, 4.69) is 38.7 Å². The van der Waals surface area contributed by atoms with Crippen LogP contribution in [0.25, 0.3) is 0 Å². The van der Waals surface area contributed by atoms with E-state index in [0.717, 1.165) is 6.42 Å². The number of hydrogen-bond acceptors (Lipinski definition) is 0. The van der Waals surface area contributed by atoms with Gasteiger partial charge < -0.3 is 0 Å². The quantitative estimate of drug-likeness (QED) is 0.534. The highest BCUT2D eigenvalue weighted by Gasteiger charge is 1.73. The largest absolute Gasteiger partial charge is 0.0991 e. The van der Waals surface area contributed by atoms with Crippen LogP contribution in [0.15, 0.2) is 48.6 Å². The number of allylic oxidation sites excluding steroid dienone is 7. The fraction of sp³-hybridized carbons (Fsp3) is 0.273. The standard InChI is InChI=1S/C11H16/c1-4-6-7-8-10-11(3)9-5-2/h5-10H,2,4H2,1,3H3. The van der Waals surface area contributed by atoms with Crippen molar-refractivity contribution in [1.82, 2.24) is 0 Å². The van der Waals surface area contributed by atoms with Gasteiger partial charge in [0.25, 0.3) is 0 Å². The second-order valence-corrected chi connectivity index (χ2v) is 2.34. The lowest BCUT2D eigenvalue weighted by Gasteiger charge is -1.84. The molecule has 0 unspecified atom stereocenters. The van der Waals surface area contributed by atoms with Gasteiger partial charge in [-0.25, -0.2) is 0 Å². The van der Waals surface area contributed by atoms with E-state index in [0.29, 0.717) is 0 Å². The monoisotopic (exact) mass is 148 g/mol. The molecule has 0 aromatic carbocycles. The minimum Gasteiger partial charge on any atom is -0.0991 e. The average Bonchev–Trinajstić information content (AvgIpc) is 1.99. The summed E-state index contributed by atoms with van der Waals surface area (Å²) in [6.07, 6.45) is 13.2. The van der Waals surface area contributed by atoms with E-state index in [1.54, 1.807) is 6.08 Å². The molecule has 0 atom stereocenters. The van der Waals surface area contributed by atoms with Crippen molar-refractivity contribution in [2.24, 2.45) is 0 Å². The van der Waals surface area contributed by atoms with Gasteiger partial charge in [0.15, 0.2) is 0 Å². The van der Waals surface area contributed by atoms with Gasteiger partial charge in [0.1, 0.15) is 0 Å². The summed E-state index contributed by atoms with van der Waals surface area (Å²) in [4.78, 5) is 0. The van der Waals surface area contributed by atoms with Crippen LogP contribution in [-0.4, -0.2) is 0 Å². The normalized spacial score (nSPS) is 13.1. The van der Waals surface area contributed by atoms with E-state index < -0.39 is 0 Å². The summed E-state index contributed by atoms with van der Waals surface area (Å²) >= 11 is 0. The molecule has 0 aliphatic heterocycles. The minimum atomic E-state index is 1.09. The zero-order valence-corrected chi connectivity index (χ0v) is 7.38. The molecule has 0 spiro atoms. The minimum absolute atomic E-state index is 1.09. The van der Waals surface area contributed by atoms with E-state index in [-0.39, 0.29) is 0 Å². The molecule has 0 heterocycles. The molecular formula is C11H16. The van der Waals surface area contributed by atoms with E-state index in [1.165, 1.54) is 5.57 Å². The molecule has 0 saturated heterocycles. The number of rotatable bonds is 4. The fourth-order valence-electron chi connectivity index (χ4n) is 0.663. The van der Waals surface area contributed by atoms with Crippen molar-refractivity contribution >= 4 is 0 Å². The van der Waals surface area contributed by atoms with Crippen molar-refractivity contribution in [1.29, 1.82) is 0 Å². The van der Waals surface area contributed by atoms with Crippen molar-refractivity contribution in [3.8, 4) is 0 Å².